The summed E-state index contributed by atoms with van der Waals surface area (Å²) in [5.74, 6) is 0. The SMILES string of the molecule is CCCCCCCCc1ccc(C2=C(CCCCC)C(CC)=C(c3cccc(CCCCCCCC)c3)[N+]2=[N-])cc1.CCCCCCCCc1ccc(C2=C(CCCCC)C=C(c3cccc(C)c3)[N+]2=[N-])cc1.CCCCCCCCc1ccc(C2=C(CCCCC)C=C(c3cccc(C)c3)[N+]2=[N-])cc1.CCC[CH2][Ni][CH2]CCC.CC[N](CC)[Ni][N](CC)CC. The van der Waals surface area contributed by atoms with Crippen molar-refractivity contribution in [2.45, 2.75) is 410 Å². The minimum absolute atomic E-state index is 0.881. The van der Waals surface area contributed by atoms with Crippen molar-refractivity contribution >= 4 is 34.2 Å². The molecule has 0 radical (unpaired) electrons. The fourth-order valence-electron chi connectivity index (χ4n) is 16.7. The molecule has 3 aliphatic rings. The first-order chi connectivity index (χ1) is 61.1. The van der Waals surface area contributed by atoms with Crippen LogP contribution in [-0.2, 0) is 55.0 Å². The third-order valence-electron chi connectivity index (χ3n) is 24.4. The molecule has 6 aromatic rings. The molecule has 8 nitrogen and oxygen atoms in total. The summed E-state index contributed by atoms with van der Waals surface area (Å²) in [6.07, 6.45) is 60.9. The number of allylic oxidation sites excluding steroid dienone is 6. The van der Waals surface area contributed by atoms with Crippen LogP contribution >= 0.6 is 0 Å². The van der Waals surface area contributed by atoms with E-state index in [0.717, 1.165) is 164 Å². The van der Waals surface area contributed by atoms with Gasteiger partial charge in [0.1, 0.15) is 0 Å². The molecular weight excluding hydrogens is 1610 g/mol. The molecule has 0 saturated carbocycles. The number of rotatable bonds is 59. The van der Waals surface area contributed by atoms with Gasteiger partial charge in [0.05, 0.1) is 0 Å². The molecular formula is C115H176N8Ni2. The fraction of sp³-hybridized carbons (Fsp3) is 0.583. The van der Waals surface area contributed by atoms with Gasteiger partial charge in [-0.2, -0.15) is 0 Å². The molecule has 696 valence electrons. The zero-order valence-corrected chi connectivity index (χ0v) is 84.3. The quantitative estimate of drug-likeness (QED) is 0.0217. The van der Waals surface area contributed by atoms with Crippen LogP contribution < -0.4 is 0 Å². The summed E-state index contributed by atoms with van der Waals surface area (Å²) in [6.45, 7) is 40.1. The van der Waals surface area contributed by atoms with E-state index >= 15 is 0 Å². The second-order valence-corrected chi connectivity index (χ2v) is 38.0. The van der Waals surface area contributed by atoms with Gasteiger partial charge >= 0.3 is 141 Å². The van der Waals surface area contributed by atoms with Crippen LogP contribution in [0.15, 0.2) is 180 Å². The molecule has 3 heterocycles. The predicted octanol–water partition coefficient (Wildman–Crippen LogP) is 36.3. The number of unbranched alkanes of at least 4 members (excludes halogenated alkanes) is 28. The number of aryl methyl sites for hydroxylation is 6. The molecule has 3 aliphatic heterocycles. The average Bonchev–Trinajstić information content (AvgIpc) is 1.61. The molecule has 10 heteroatoms. The Bertz CT molecular complexity index is 3980. The van der Waals surface area contributed by atoms with Crippen molar-refractivity contribution in [1.29, 1.82) is 0 Å². The van der Waals surface area contributed by atoms with Gasteiger partial charge in [0.25, 0.3) is 0 Å². The topological polar surface area (TPSA) is 82.4 Å². The Balaban J connectivity index is 0.000000301. The Kier molecular flexibility index (Phi) is 59.0. The van der Waals surface area contributed by atoms with E-state index in [1.165, 1.54) is 299 Å². The monoisotopic (exact) mass is 1790 g/mol. The van der Waals surface area contributed by atoms with E-state index in [9.17, 15) is 16.6 Å². The van der Waals surface area contributed by atoms with E-state index in [1.54, 1.807) is 14.9 Å². The standard InChI is InChI=1S/C39H58N2.2C30H40N2.2C4H10N.2C4H9.2Ni/c1-5-9-12-14-16-19-22-32-27-29-34(30-28-32)38-37(26-18-11-7-3)36(8-4)39(41(38)40)35-25-21-24-33(31-35)23-20-17-15-13-10-6-2;2*1-4-6-8-9-10-12-15-25-18-20-26(21-19-25)30-28(16-11-7-5-2)23-29(32(30)31)27-17-13-14-24(3)22-27;2*1-3-5-4-2;2*1-3-4-2;;/h21,24-25,27-31H,5-20,22-23,26H2,1-4H3;2*13-14,17-23H,4-12,15-16H2,1-3H3;2*3-4H2,1-2H3;2*1,3-4H2,2H3;;/q;;;2*-1;;;;+2. The number of hydrogen-bond donors (Lipinski definition) is 0. The normalized spacial score (nSPS) is 13.3. The Morgan fingerprint density at radius 2 is 0.552 bits per heavy atom. The van der Waals surface area contributed by atoms with Crippen LogP contribution in [0.25, 0.3) is 50.8 Å². The van der Waals surface area contributed by atoms with Gasteiger partial charge in [-0.25, -0.2) is 14.1 Å². The first kappa shape index (κ1) is 109. The molecule has 0 N–H and O–H groups in total. The number of hydrogen-bond acceptors (Lipinski definition) is 2. The third kappa shape index (κ3) is 40.6. The molecule has 0 aromatic heterocycles. The third-order valence-corrected chi connectivity index (χ3v) is 27.6. The Hall–Kier alpha value is -6.53. The van der Waals surface area contributed by atoms with E-state index in [-0.39, 0.29) is 0 Å². The van der Waals surface area contributed by atoms with E-state index in [4.69, 9.17) is 0 Å². The summed E-state index contributed by atoms with van der Waals surface area (Å²) in [6, 6.07) is 52.6. The van der Waals surface area contributed by atoms with Crippen molar-refractivity contribution in [2.75, 3.05) is 26.2 Å². The molecule has 0 aliphatic carbocycles. The Morgan fingerprint density at radius 1 is 0.256 bits per heavy atom. The summed E-state index contributed by atoms with van der Waals surface area (Å²) in [7, 11) is 0. The molecule has 0 saturated heterocycles. The van der Waals surface area contributed by atoms with Crippen LogP contribution in [-0.4, -0.2) is 48.2 Å². The Labute approximate surface area is 780 Å². The van der Waals surface area contributed by atoms with Gasteiger partial charge in [-0.15, -0.1) is 0 Å². The van der Waals surface area contributed by atoms with Crippen molar-refractivity contribution < 1.29 is 43.4 Å². The van der Waals surface area contributed by atoms with Gasteiger partial charge in [0.15, 0.2) is 0 Å². The van der Waals surface area contributed by atoms with Gasteiger partial charge < -0.3 is 16.6 Å². The molecule has 0 atom stereocenters. The zero-order chi connectivity index (χ0) is 90.4. The van der Waals surface area contributed by atoms with E-state index in [1.807, 2.05) is 14.4 Å². The molecule has 9 rings (SSSR count). The summed E-state index contributed by atoms with van der Waals surface area (Å²) in [5.41, 5.74) is 59.6. The summed E-state index contributed by atoms with van der Waals surface area (Å²) in [4.78, 5) is 0. The van der Waals surface area contributed by atoms with Crippen molar-refractivity contribution in [1.82, 2.24) is 7.96 Å². The van der Waals surface area contributed by atoms with Gasteiger partial charge in [-0.05, 0) is 205 Å². The number of nitrogens with zero attached hydrogens (tertiary/aromatic N) is 8. The first-order valence-corrected chi connectivity index (χ1v) is 53.3. The first-order valence-electron chi connectivity index (χ1n) is 51.0. The van der Waals surface area contributed by atoms with Crippen LogP contribution in [0.3, 0.4) is 0 Å². The number of benzene rings is 6. The van der Waals surface area contributed by atoms with Crippen LogP contribution in [0, 0.1) is 13.8 Å². The van der Waals surface area contributed by atoms with Crippen molar-refractivity contribution in [2.24, 2.45) is 0 Å². The maximum absolute atomic E-state index is 11.8. The predicted molar refractivity (Wildman–Crippen MR) is 539 cm³/mol. The molecule has 0 unspecified atom stereocenters. The van der Waals surface area contributed by atoms with E-state index < -0.39 is 0 Å². The van der Waals surface area contributed by atoms with E-state index in [2.05, 4.69) is 276 Å². The van der Waals surface area contributed by atoms with Crippen molar-refractivity contribution in [3.8, 4) is 0 Å². The summed E-state index contributed by atoms with van der Waals surface area (Å²) < 4.78 is 9.12. The van der Waals surface area contributed by atoms with Crippen molar-refractivity contribution in [3.63, 3.8) is 0 Å². The summed E-state index contributed by atoms with van der Waals surface area (Å²) in [5, 5.41) is 2.78. The molecule has 6 aromatic carbocycles. The fourth-order valence-corrected chi connectivity index (χ4v) is 19.1. The maximum atomic E-state index is 11.8. The van der Waals surface area contributed by atoms with Crippen LogP contribution in [0.4, 0.5) is 0 Å². The van der Waals surface area contributed by atoms with Gasteiger partial charge in [-0.3, -0.25) is 0 Å². The molecule has 125 heavy (non-hydrogen) atoms. The van der Waals surface area contributed by atoms with E-state index in [0.29, 0.717) is 0 Å². The Morgan fingerprint density at radius 3 is 0.896 bits per heavy atom. The van der Waals surface area contributed by atoms with Crippen LogP contribution in [0.5, 0.6) is 0 Å². The van der Waals surface area contributed by atoms with Gasteiger partial charge in [0, 0.05) is 67.8 Å². The second kappa shape index (κ2) is 67.7. The summed E-state index contributed by atoms with van der Waals surface area (Å²) >= 11 is 3.62. The zero-order valence-electron chi connectivity index (χ0n) is 82.3. The van der Waals surface area contributed by atoms with Gasteiger partial charge in [-0.1, -0.05) is 306 Å². The van der Waals surface area contributed by atoms with Crippen LogP contribution in [0.1, 0.15) is 427 Å². The molecule has 0 spiro atoms. The molecule has 0 amide bonds. The minimum atomic E-state index is 0.881. The average molecular weight is 1790 g/mol. The van der Waals surface area contributed by atoms with Crippen molar-refractivity contribution in [3.05, 3.63) is 263 Å². The molecule has 0 bridgehead atoms. The second-order valence-electron chi connectivity index (χ2n) is 35.1. The molecule has 0 fully saturated rings. The van der Waals surface area contributed by atoms with Crippen LogP contribution in [0.2, 0.25) is 10.8 Å². The van der Waals surface area contributed by atoms with Gasteiger partial charge in [0.2, 0.25) is 34.2 Å².